The predicted octanol–water partition coefficient (Wildman–Crippen LogP) is -0.263. The van der Waals surface area contributed by atoms with E-state index in [4.69, 9.17) is 14.6 Å². The molecule has 0 amide bonds. The minimum Gasteiger partial charge on any atom is -0.394 e. The Morgan fingerprint density at radius 1 is 1.58 bits per heavy atom. The fraction of sp³-hybridized carbons (Fsp3) is 1.00. The van der Waals surface area contributed by atoms with E-state index < -0.39 is 6.10 Å². The van der Waals surface area contributed by atoms with Crippen LogP contribution in [0.2, 0.25) is 0 Å². The number of ether oxygens (including phenoxy) is 2. The number of aliphatic hydroxyl groups excluding tert-OH is 2. The van der Waals surface area contributed by atoms with Gasteiger partial charge in [0, 0.05) is 19.4 Å². The molecule has 1 aliphatic rings. The Morgan fingerprint density at radius 2 is 2.25 bits per heavy atom. The molecular weight excluding hydrogens is 160 g/mol. The molecule has 0 aliphatic carbocycles. The summed E-state index contributed by atoms with van der Waals surface area (Å²) in [6.45, 7) is 1.79. The van der Waals surface area contributed by atoms with Gasteiger partial charge in [-0.2, -0.15) is 0 Å². The van der Waals surface area contributed by atoms with Crippen LogP contribution in [0.25, 0.3) is 0 Å². The highest BCUT2D eigenvalue weighted by molar-refractivity contribution is 4.79. The highest BCUT2D eigenvalue weighted by Crippen LogP contribution is 2.25. The molecule has 0 spiro atoms. The molecule has 0 saturated carbocycles. The van der Waals surface area contributed by atoms with E-state index in [1.54, 1.807) is 0 Å². The van der Waals surface area contributed by atoms with Gasteiger partial charge in [-0.05, 0) is 0 Å². The van der Waals surface area contributed by atoms with E-state index in [1.807, 2.05) is 6.92 Å². The Hall–Kier alpha value is -0.160. The van der Waals surface area contributed by atoms with Crippen molar-refractivity contribution >= 4 is 0 Å². The Balaban J connectivity index is 2.52. The lowest BCUT2D eigenvalue weighted by Crippen LogP contribution is -2.45. The van der Waals surface area contributed by atoms with Crippen LogP contribution in [-0.4, -0.2) is 42.4 Å². The van der Waals surface area contributed by atoms with E-state index in [0.29, 0.717) is 6.42 Å². The molecule has 0 aromatic heterocycles. The molecule has 4 atom stereocenters. The molecule has 1 saturated heterocycles. The summed E-state index contributed by atoms with van der Waals surface area (Å²) in [6.07, 6.45) is -0.651. The third-order valence-corrected chi connectivity index (χ3v) is 2.40. The summed E-state index contributed by atoms with van der Waals surface area (Å²) in [5, 5.41) is 18.4. The van der Waals surface area contributed by atoms with Crippen molar-refractivity contribution in [2.45, 2.75) is 31.8 Å². The third kappa shape index (κ3) is 1.95. The quantitative estimate of drug-likeness (QED) is 0.608. The zero-order valence-electron chi connectivity index (χ0n) is 7.43. The van der Waals surface area contributed by atoms with E-state index in [9.17, 15) is 5.11 Å². The number of rotatable bonds is 2. The smallest absolute Gasteiger partial charge is 0.160 e. The van der Waals surface area contributed by atoms with Crippen molar-refractivity contribution in [3.05, 3.63) is 0 Å². The van der Waals surface area contributed by atoms with Crippen LogP contribution in [0.15, 0.2) is 0 Å². The van der Waals surface area contributed by atoms with Crippen molar-refractivity contribution in [1.29, 1.82) is 0 Å². The van der Waals surface area contributed by atoms with Gasteiger partial charge in [0.15, 0.2) is 6.29 Å². The van der Waals surface area contributed by atoms with Crippen molar-refractivity contribution in [3.8, 4) is 0 Å². The maximum Gasteiger partial charge on any atom is 0.160 e. The molecule has 1 rings (SSSR count). The summed E-state index contributed by atoms with van der Waals surface area (Å²) < 4.78 is 10.3. The molecule has 12 heavy (non-hydrogen) atoms. The Kier molecular flexibility index (Phi) is 3.46. The van der Waals surface area contributed by atoms with Crippen LogP contribution in [0.5, 0.6) is 0 Å². The predicted molar refractivity (Wildman–Crippen MR) is 42.5 cm³/mol. The monoisotopic (exact) mass is 176 g/mol. The maximum atomic E-state index is 9.51. The maximum absolute atomic E-state index is 9.51. The molecule has 72 valence electrons. The summed E-state index contributed by atoms with van der Waals surface area (Å²) in [5.74, 6) is -0.0265. The van der Waals surface area contributed by atoms with Gasteiger partial charge in [-0.3, -0.25) is 0 Å². The number of aliphatic hydroxyl groups is 2. The molecule has 4 nitrogen and oxygen atoms in total. The fourth-order valence-electron chi connectivity index (χ4n) is 1.40. The largest absolute Gasteiger partial charge is 0.394 e. The lowest BCUT2D eigenvalue weighted by Gasteiger charge is -2.36. The van der Waals surface area contributed by atoms with Crippen molar-refractivity contribution in [2.24, 2.45) is 5.92 Å². The standard InChI is InChI=1S/C8H16O4/c1-5-6(10)3-8(11-2)12-7(5)4-9/h5-10H,3-4H2,1-2H3/t5-,6-,7?,8-/m1/s1. The van der Waals surface area contributed by atoms with Gasteiger partial charge in [-0.25, -0.2) is 0 Å². The zero-order chi connectivity index (χ0) is 9.14. The van der Waals surface area contributed by atoms with Gasteiger partial charge in [0.2, 0.25) is 0 Å². The lowest BCUT2D eigenvalue weighted by atomic mass is 9.93. The molecule has 0 aromatic rings. The molecular formula is C8H16O4. The summed E-state index contributed by atoms with van der Waals surface area (Å²) in [4.78, 5) is 0. The van der Waals surface area contributed by atoms with Crippen LogP contribution in [0.1, 0.15) is 13.3 Å². The van der Waals surface area contributed by atoms with E-state index >= 15 is 0 Å². The first-order chi connectivity index (χ1) is 5.69. The lowest BCUT2D eigenvalue weighted by molar-refractivity contribution is -0.230. The molecule has 0 bridgehead atoms. The van der Waals surface area contributed by atoms with Crippen LogP contribution in [0, 0.1) is 5.92 Å². The average Bonchev–Trinajstić information content (AvgIpc) is 2.09. The Labute approximate surface area is 72.1 Å². The molecule has 2 N–H and O–H groups in total. The van der Waals surface area contributed by atoms with Gasteiger partial charge < -0.3 is 19.7 Å². The summed E-state index contributed by atoms with van der Waals surface area (Å²) in [6, 6.07) is 0. The molecule has 1 fully saturated rings. The van der Waals surface area contributed by atoms with E-state index in [-0.39, 0.29) is 24.9 Å². The molecule has 0 radical (unpaired) electrons. The molecule has 1 heterocycles. The second kappa shape index (κ2) is 4.18. The second-order valence-electron chi connectivity index (χ2n) is 3.18. The fourth-order valence-corrected chi connectivity index (χ4v) is 1.40. The average molecular weight is 176 g/mol. The molecule has 4 heteroatoms. The molecule has 1 aliphatic heterocycles. The zero-order valence-corrected chi connectivity index (χ0v) is 7.43. The summed E-state index contributed by atoms with van der Waals surface area (Å²) >= 11 is 0. The molecule has 0 aromatic carbocycles. The van der Waals surface area contributed by atoms with E-state index in [0.717, 1.165) is 0 Å². The van der Waals surface area contributed by atoms with Crippen LogP contribution >= 0.6 is 0 Å². The highest BCUT2D eigenvalue weighted by Gasteiger charge is 2.34. The SMILES string of the molecule is CO[C@H]1C[C@@H](O)[C@@H](C)C(CO)O1. The van der Waals surface area contributed by atoms with E-state index in [2.05, 4.69) is 0 Å². The van der Waals surface area contributed by atoms with E-state index in [1.165, 1.54) is 7.11 Å². The first-order valence-corrected chi connectivity index (χ1v) is 4.16. The van der Waals surface area contributed by atoms with Gasteiger partial charge in [0.25, 0.3) is 0 Å². The Bertz CT molecular complexity index is 139. The third-order valence-electron chi connectivity index (χ3n) is 2.40. The first kappa shape index (κ1) is 9.92. The normalized spacial score (nSPS) is 43.0. The summed E-state index contributed by atoms with van der Waals surface area (Å²) in [7, 11) is 1.53. The van der Waals surface area contributed by atoms with Crippen molar-refractivity contribution in [3.63, 3.8) is 0 Å². The number of hydrogen-bond acceptors (Lipinski definition) is 4. The summed E-state index contributed by atoms with van der Waals surface area (Å²) in [5.41, 5.74) is 0. The Morgan fingerprint density at radius 3 is 2.75 bits per heavy atom. The van der Waals surface area contributed by atoms with Crippen LogP contribution < -0.4 is 0 Å². The van der Waals surface area contributed by atoms with Gasteiger partial charge in [0.05, 0.1) is 18.8 Å². The second-order valence-corrected chi connectivity index (χ2v) is 3.18. The highest BCUT2D eigenvalue weighted by atomic mass is 16.7. The number of hydrogen-bond donors (Lipinski definition) is 2. The minimum atomic E-state index is -0.444. The van der Waals surface area contributed by atoms with Crippen molar-refractivity contribution in [1.82, 2.24) is 0 Å². The van der Waals surface area contributed by atoms with Gasteiger partial charge in [-0.1, -0.05) is 6.92 Å². The topological polar surface area (TPSA) is 58.9 Å². The van der Waals surface area contributed by atoms with Gasteiger partial charge >= 0.3 is 0 Å². The van der Waals surface area contributed by atoms with Crippen molar-refractivity contribution in [2.75, 3.05) is 13.7 Å². The van der Waals surface area contributed by atoms with Gasteiger partial charge in [-0.15, -0.1) is 0 Å². The number of methoxy groups -OCH3 is 1. The van der Waals surface area contributed by atoms with Crippen molar-refractivity contribution < 1.29 is 19.7 Å². The first-order valence-electron chi connectivity index (χ1n) is 4.16. The van der Waals surface area contributed by atoms with Crippen LogP contribution in [-0.2, 0) is 9.47 Å². The van der Waals surface area contributed by atoms with Crippen LogP contribution in [0.3, 0.4) is 0 Å². The minimum absolute atomic E-state index is 0.0265. The van der Waals surface area contributed by atoms with Crippen LogP contribution in [0.4, 0.5) is 0 Å². The van der Waals surface area contributed by atoms with Gasteiger partial charge in [0.1, 0.15) is 0 Å². The molecule has 1 unspecified atom stereocenters.